The lowest BCUT2D eigenvalue weighted by molar-refractivity contribution is -0.146. The largest absolute Gasteiger partial charge is 0.490 e. The third kappa shape index (κ3) is 4.61. The normalized spacial score (nSPS) is 20.0. The van der Waals surface area contributed by atoms with E-state index in [9.17, 15) is 4.79 Å². The molecule has 3 unspecified atom stereocenters. The molecule has 2 aromatic heterocycles. The van der Waals surface area contributed by atoms with Crippen LogP contribution in [0.25, 0.3) is 22.2 Å². The molecular formula is C29H36N2O3. The van der Waals surface area contributed by atoms with Crippen LogP contribution in [-0.2, 0) is 28.9 Å². The van der Waals surface area contributed by atoms with Gasteiger partial charge in [-0.1, -0.05) is 27.4 Å². The zero-order valence-corrected chi connectivity index (χ0v) is 21.1. The summed E-state index contributed by atoms with van der Waals surface area (Å²) in [6.45, 7) is 14.8. The van der Waals surface area contributed by atoms with Gasteiger partial charge in [0.05, 0.1) is 11.2 Å². The van der Waals surface area contributed by atoms with Crippen LogP contribution in [0.4, 0.5) is 0 Å². The molecule has 3 atom stereocenters. The van der Waals surface area contributed by atoms with E-state index < -0.39 is 0 Å². The van der Waals surface area contributed by atoms with E-state index in [1.807, 2.05) is 6.07 Å². The molecule has 3 aromatic rings. The molecule has 1 aromatic carbocycles. The zero-order chi connectivity index (χ0) is 24.4. The SMILES string of the molecule is C=C(C)C(=O)OC1CCC(Oc2ccc3cc(-c4ccc(CC)nc4CC)n(CC)c3c2)C1C. The van der Waals surface area contributed by atoms with Gasteiger partial charge >= 0.3 is 5.97 Å². The van der Waals surface area contributed by atoms with Crippen LogP contribution in [0.2, 0.25) is 0 Å². The van der Waals surface area contributed by atoms with E-state index in [-0.39, 0.29) is 24.1 Å². The van der Waals surface area contributed by atoms with Crippen LogP contribution in [0.1, 0.15) is 58.8 Å². The molecule has 0 N–H and O–H groups in total. The molecule has 34 heavy (non-hydrogen) atoms. The van der Waals surface area contributed by atoms with Crippen molar-refractivity contribution in [2.24, 2.45) is 5.92 Å². The van der Waals surface area contributed by atoms with Gasteiger partial charge in [0, 0.05) is 46.4 Å². The van der Waals surface area contributed by atoms with Crippen molar-refractivity contribution in [2.75, 3.05) is 0 Å². The third-order valence-electron chi connectivity index (χ3n) is 7.00. The molecule has 1 aliphatic rings. The van der Waals surface area contributed by atoms with E-state index in [1.165, 1.54) is 16.6 Å². The smallest absolute Gasteiger partial charge is 0.333 e. The van der Waals surface area contributed by atoms with Crippen LogP contribution in [0, 0.1) is 5.92 Å². The number of hydrogen-bond donors (Lipinski definition) is 0. The van der Waals surface area contributed by atoms with E-state index in [1.54, 1.807) is 6.92 Å². The molecule has 0 spiro atoms. The second-order valence-electron chi connectivity index (χ2n) is 9.32. The molecule has 5 heteroatoms. The number of benzene rings is 1. The molecule has 1 aliphatic carbocycles. The summed E-state index contributed by atoms with van der Waals surface area (Å²) in [7, 11) is 0. The van der Waals surface area contributed by atoms with Crippen molar-refractivity contribution < 1.29 is 14.3 Å². The highest BCUT2D eigenvalue weighted by molar-refractivity contribution is 5.88. The number of pyridine rings is 1. The fourth-order valence-corrected chi connectivity index (χ4v) is 4.96. The Morgan fingerprint density at radius 2 is 1.85 bits per heavy atom. The number of nitrogens with zero attached hydrogens (tertiary/aromatic N) is 2. The highest BCUT2D eigenvalue weighted by atomic mass is 16.5. The number of rotatable bonds is 8. The van der Waals surface area contributed by atoms with Crippen LogP contribution in [-0.4, -0.2) is 27.7 Å². The number of fused-ring (bicyclic) bond motifs is 1. The van der Waals surface area contributed by atoms with Gasteiger partial charge < -0.3 is 14.0 Å². The van der Waals surface area contributed by atoms with Crippen LogP contribution in [0.3, 0.4) is 0 Å². The summed E-state index contributed by atoms with van der Waals surface area (Å²) >= 11 is 0. The molecule has 0 radical (unpaired) electrons. The summed E-state index contributed by atoms with van der Waals surface area (Å²) in [6, 6.07) is 12.9. The van der Waals surface area contributed by atoms with Crippen molar-refractivity contribution in [1.82, 2.24) is 9.55 Å². The number of carbonyl (C=O) groups excluding carboxylic acids is 1. The quantitative estimate of drug-likeness (QED) is 0.284. The Hall–Kier alpha value is -3.08. The minimum Gasteiger partial charge on any atom is -0.490 e. The van der Waals surface area contributed by atoms with Crippen molar-refractivity contribution >= 4 is 16.9 Å². The lowest BCUT2D eigenvalue weighted by atomic mass is 10.1. The van der Waals surface area contributed by atoms with Crippen LogP contribution in [0.5, 0.6) is 5.75 Å². The van der Waals surface area contributed by atoms with E-state index in [0.29, 0.717) is 5.57 Å². The highest BCUT2D eigenvalue weighted by Gasteiger charge is 2.37. The maximum absolute atomic E-state index is 12.0. The highest BCUT2D eigenvalue weighted by Crippen LogP contribution is 2.36. The van der Waals surface area contributed by atoms with Gasteiger partial charge in [-0.3, -0.25) is 4.98 Å². The maximum Gasteiger partial charge on any atom is 0.333 e. The first-order valence-corrected chi connectivity index (χ1v) is 12.5. The molecule has 1 fully saturated rings. The van der Waals surface area contributed by atoms with Crippen LogP contribution in [0.15, 0.2) is 48.6 Å². The Morgan fingerprint density at radius 3 is 2.53 bits per heavy atom. The Bertz CT molecular complexity index is 1210. The van der Waals surface area contributed by atoms with Gasteiger partial charge in [0.1, 0.15) is 18.0 Å². The van der Waals surface area contributed by atoms with Gasteiger partial charge in [0.2, 0.25) is 0 Å². The monoisotopic (exact) mass is 460 g/mol. The number of esters is 1. The predicted octanol–water partition coefficient (Wildman–Crippen LogP) is 6.51. The van der Waals surface area contributed by atoms with Crippen molar-refractivity contribution in [3.8, 4) is 17.0 Å². The molecule has 0 amide bonds. The summed E-state index contributed by atoms with van der Waals surface area (Å²) in [4.78, 5) is 16.8. The fraction of sp³-hybridized carbons (Fsp3) is 0.448. The second-order valence-corrected chi connectivity index (χ2v) is 9.32. The molecule has 4 rings (SSSR count). The van der Waals surface area contributed by atoms with Crippen molar-refractivity contribution in [3.05, 3.63) is 59.9 Å². The summed E-state index contributed by atoms with van der Waals surface area (Å²) in [5.74, 6) is 0.661. The summed E-state index contributed by atoms with van der Waals surface area (Å²) < 4.78 is 14.4. The first kappa shape index (κ1) is 24.1. The van der Waals surface area contributed by atoms with Crippen LogP contribution >= 0.6 is 0 Å². The summed E-state index contributed by atoms with van der Waals surface area (Å²) in [5.41, 5.74) is 6.27. The molecule has 0 saturated heterocycles. The Labute approximate surface area is 202 Å². The average Bonchev–Trinajstić information content (AvgIpc) is 3.38. The van der Waals surface area contributed by atoms with Crippen LogP contribution < -0.4 is 4.74 Å². The fourth-order valence-electron chi connectivity index (χ4n) is 4.96. The molecule has 0 bridgehead atoms. The Balaban J connectivity index is 1.61. The van der Waals surface area contributed by atoms with Gasteiger partial charge in [-0.2, -0.15) is 0 Å². The zero-order valence-electron chi connectivity index (χ0n) is 21.1. The van der Waals surface area contributed by atoms with Gasteiger partial charge in [0.25, 0.3) is 0 Å². The number of ether oxygens (including phenoxy) is 2. The standard InChI is InChI=1S/C29H36N2O3/c1-7-21-11-13-23(24(8-2)30-21)26-16-20-10-12-22(17-25(20)31(26)9-3)33-27-14-15-28(19(27)6)34-29(32)18(4)5/h10-13,16-17,19,27-28H,4,7-9,14-15H2,1-3,5-6H3. The molecule has 2 heterocycles. The van der Waals surface area contributed by atoms with Crippen molar-refractivity contribution in [1.29, 1.82) is 0 Å². The average molecular weight is 461 g/mol. The van der Waals surface area contributed by atoms with Gasteiger partial charge in [-0.25, -0.2) is 4.79 Å². The Kier molecular flexibility index (Phi) is 7.11. The summed E-state index contributed by atoms with van der Waals surface area (Å²) in [5, 5.41) is 1.19. The number of aromatic nitrogens is 2. The first-order chi connectivity index (χ1) is 16.4. The first-order valence-electron chi connectivity index (χ1n) is 12.5. The topological polar surface area (TPSA) is 53.4 Å². The number of aryl methyl sites for hydroxylation is 3. The van der Waals surface area contributed by atoms with E-state index in [0.717, 1.165) is 54.9 Å². The number of hydrogen-bond acceptors (Lipinski definition) is 4. The molecule has 5 nitrogen and oxygen atoms in total. The molecular weight excluding hydrogens is 424 g/mol. The molecule has 180 valence electrons. The second kappa shape index (κ2) is 10.0. The van der Waals surface area contributed by atoms with E-state index in [2.05, 4.69) is 69.2 Å². The molecule has 1 saturated carbocycles. The minimum atomic E-state index is -0.319. The van der Waals surface area contributed by atoms with E-state index >= 15 is 0 Å². The minimum absolute atomic E-state index is 0.0161. The van der Waals surface area contributed by atoms with Crippen molar-refractivity contribution in [2.45, 2.75) is 79.1 Å². The van der Waals surface area contributed by atoms with Crippen molar-refractivity contribution in [3.63, 3.8) is 0 Å². The van der Waals surface area contributed by atoms with Gasteiger partial charge in [0.15, 0.2) is 0 Å². The van der Waals surface area contributed by atoms with Gasteiger partial charge in [-0.15, -0.1) is 0 Å². The van der Waals surface area contributed by atoms with Gasteiger partial charge in [-0.05, 0) is 69.9 Å². The third-order valence-corrected chi connectivity index (χ3v) is 7.00. The lowest BCUT2D eigenvalue weighted by Crippen LogP contribution is -2.28. The summed E-state index contributed by atoms with van der Waals surface area (Å²) in [6.07, 6.45) is 3.40. The Morgan fingerprint density at radius 1 is 1.09 bits per heavy atom. The maximum atomic E-state index is 12.0. The predicted molar refractivity (Wildman–Crippen MR) is 137 cm³/mol. The van der Waals surface area contributed by atoms with E-state index in [4.69, 9.17) is 14.5 Å². The lowest BCUT2D eigenvalue weighted by Gasteiger charge is -2.22. The molecule has 0 aliphatic heterocycles. The number of carbonyl (C=O) groups is 1.